The number of nitro groups is 1. The second kappa shape index (κ2) is 6.37. The normalized spacial score (nSPS) is 32.3. The average Bonchev–Trinajstić information content (AvgIpc) is 2.95. The van der Waals surface area contributed by atoms with Crippen LogP contribution in [0.25, 0.3) is 0 Å². The van der Waals surface area contributed by atoms with Crippen LogP contribution in [0.1, 0.15) is 19.4 Å². The number of fused-ring (bicyclic) bond motifs is 1. The lowest BCUT2D eigenvalue weighted by Crippen LogP contribution is -2.36. The number of hydrogen-bond donors (Lipinski definition) is 0. The molecule has 2 aliphatic heterocycles. The minimum atomic E-state index is -0.762. The zero-order valence-electron chi connectivity index (χ0n) is 13.0. The van der Waals surface area contributed by atoms with Gasteiger partial charge in [-0.3, -0.25) is 10.1 Å². The summed E-state index contributed by atoms with van der Waals surface area (Å²) in [6, 6.07) is 9.68. The third kappa shape index (κ3) is 3.76. The van der Waals surface area contributed by atoms with Gasteiger partial charge in [-0.25, -0.2) is 0 Å². The first kappa shape index (κ1) is 16.1. The molecule has 2 aliphatic rings. The lowest BCUT2D eigenvalue weighted by Gasteiger charge is -2.24. The molecule has 0 bridgehead atoms. The Labute approximate surface area is 133 Å². The molecule has 1 aromatic carbocycles. The van der Waals surface area contributed by atoms with Crippen molar-refractivity contribution in [3.05, 3.63) is 58.3 Å². The summed E-state index contributed by atoms with van der Waals surface area (Å²) in [4.78, 5) is 10.0. The molecule has 2 heterocycles. The van der Waals surface area contributed by atoms with Crippen LogP contribution in [0.15, 0.2) is 42.6 Å². The summed E-state index contributed by atoms with van der Waals surface area (Å²) in [6.07, 6.45) is 0.152. The molecular weight excluding hydrogens is 302 g/mol. The fourth-order valence-electron chi connectivity index (χ4n) is 2.77. The van der Waals surface area contributed by atoms with Crippen LogP contribution in [0.3, 0.4) is 0 Å². The fraction of sp³-hybridized carbons (Fsp3) is 0.500. The molecule has 4 atom stereocenters. The van der Waals surface area contributed by atoms with E-state index in [1.54, 1.807) is 13.8 Å². The third-order valence-electron chi connectivity index (χ3n) is 3.71. The van der Waals surface area contributed by atoms with Crippen molar-refractivity contribution >= 4 is 0 Å². The van der Waals surface area contributed by atoms with Gasteiger partial charge in [-0.05, 0) is 19.4 Å². The second-order valence-corrected chi connectivity index (χ2v) is 5.96. The maximum atomic E-state index is 10.6. The van der Waals surface area contributed by atoms with Crippen LogP contribution in [0, 0.1) is 10.1 Å². The standard InChI is InChI=1S/C16H19NO6/c1-16(2)22-14-13(20-10-11-6-4-3-5-7-11)12(8-9-17(18)19)21-15(14)23-16/h3-9,12-15H,10H2,1-2H3/b9-8-/t12-,13+,14-,15-/m1/s1. The van der Waals surface area contributed by atoms with Gasteiger partial charge in [0.25, 0.3) is 0 Å². The van der Waals surface area contributed by atoms with Gasteiger partial charge in [-0.2, -0.15) is 0 Å². The maximum absolute atomic E-state index is 10.6. The molecule has 0 radical (unpaired) electrons. The van der Waals surface area contributed by atoms with Gasteiger partial charge in [-0.15, -0.1) is 0 Å². The van der Waals surface area contributed by atoms with Crippen LogP contribution >= 0.6 is 0 Å². The molecule has 3 rings (SSSR count). The van der Waals surface area contributed by atoms with Gasteiger partial charge in [0.15, 0.2) is 12.1 Å². The third-order valence-corrected chi connectivity index (χ3v) is 3.71. The van der Waals surface area contributed by atoms with E-state index in [0.717, 1.165) is 11.8 Å². The Hall–Kier alpha value is -1.80. The van der Waals surface area contributed by atoms with E-state index in [1.807, 2.05) is 30.3 Å². The van der Waals surface area contributed by atoms with Gasteiger partial charge in [0.2, 0.25) is 6.20 Å². The number of nitrogens with zero attached hydrogens (tertiary/aromatic N) is 1. The van der Waals surface area contributed by atoms with Gasteiger partial charge >= 0.3 is 0 Å². The minimum absolute atomic E-state index is 0.366. The van der Waals surface area contributed by atoms with Crippen molar-refractivity contribution in [1.82, 2.24) is 0 Å². The molecule has 0 N–H and O–H groups in total. The predicted octanol–water partition coefficient (Wildman–Crippen LogP) is 2.24. The maximum Gasteiger partial charge on any atom is 0.233 e. The Morgan fingerprint density at radius 2 is 2.04 bits per heavy atom. The molecule has 0 spiro atoms. The zero-order chi connectivity index (χ0) is 16.4. The van der Waals surface area contributed by atoms with E-state index in [9.17, 15) is 10.1 Å². The van der Waals surface area contributed by atoms with Gasteiger partial charge in [-0.1, -0.05) is 30.3 Å². The molecule has 2 saturated heterocycles. The van der Waals surface area contributed by atoms with Crippen LogP contribution in [0.5, 0.6) is 0 Å². The summed E-state index contributed by atoms with van der Waals surface area (Å²) < 4.78 is 23.1. The van der Waals surface area contributed by atoms with Crippen molar-refractivity contribution in [2.75, 3.05) is 0 Å². The van der Waals surface area contributed by atoms with Crippen molar-refractivity contribution < 1.29 is 23.9 Å². The van der Waals surface area contributed by atoms with Crippen LogP contribution in [-0.4, -0.2) is 35.3 Å². The molecule has 7 nitrogen and oxygen atoms in total. The zero-order valence-corrected chi connectivity index (χ0v) is 13.0. The summed E-state index contributed by atoms with van der Waals surface area (Å²) in [6.45, 7) is 3.96. The quantitative estimate of drug-likeness (QED) is 0.611. The monoisotopic (exact) mass is 321 g/mol. The molecule has 23 heavy (non-hydrogen) atoms. The van der Waals surface area contributed by atoms with Crippen LogP contribution in [0.2, 0.25) is 0 Å². The summed E-state index contributed by atoms with van der Waals surface area (Å²) in [5.41, 5.74) is 1.01. The van der Waals surface area contributed by atoms with E-state index < -0.39 is 35.3 Å². The smallest absolute Gasteiger partial charge is 0.233 e. The topological polar surface area (TPSA) is 80.1 Å². The van der Waals surface area contributed by atoms with E-state index in [2.05, 4.69) is 0 Å². The molecule has 0 amide bonds. The van der Waals surface area contributed by atoms with E-state index in [-0.39, 0.29) is 0 Å². The van der Waals surface area contributed by atoms with Gasteiger partial charge < -0.3 is 18.9 Å². The molecule has 124 valence electrons. The molecule has 0 aromatic heterocycles. The molecule has 0 saturated carbocycles. The lowest BCUT2D eigenvalue weighted by atomic mass is 10.1. The first-order valence-electron chi connectivity index (χ1n) is 7.43. The van der Waals surface area contributed by atoms with E-state index in [4.69, 9.17) is 18.9 Å². The highest BCUT2D eigenvalue weighted by molar-refractivity contribution is 5.14. The SMILES string of the molecule is CC1(C)O[C@H]2O[C@H](/C=C\[N+](=O)[O-])[C@H](OCc3ccccc3)[C@H]2O1. The first-order valence-corrected chi connectivity index (χ1v) is 7.43. The van der Waals surface area contributed by atoms with Crippen molar-refractivity contribution in [3.8, 4) is 0 Å². The second-order valence-electron chi connectivity index (χ2n) is 5.96. The Kier molecular flexibility index (Phi) is 4.45. The number of rotatable bonds is 5. The molecular formula is C16H19NO6. The number of ether oxygens (including phenoxy) is 4. The van der Waals surface area contributed by atoms with Crippen LogP contribution in [0.4, 0.5) is 0 Å². The fourth-order valence-corrected chi connectivity index (χ4v) is 2.77. The Morgan fingerprint density at radius 1 is 1.30 bits per heavy atom. The summed E-state index contributed by atoms with van der Waals surface area (Å²) >= 11 is 0. The average molecular weight is 321 g/mol. The largest absolute Gasteiger partial charge is 0.368 e. The Balaban J connectivity index is 1.72. The minimum Gasteiger partial charge on any atom is -0.368 e. The highest BCUT2D eigenvalue weighted by atomic mass is 16.8. The van der Waals surface area contributed by atoms with Crippen molar-refractivity contribution in [2.45, 2.75) is 50.8 Å². The molecule has 2 fully saturated rings. The van der Waals surface area contributed by atoms with E-state index in [1.165, 1.54) is 6.08 Å². The lowest BCUT2D eigenvalue weighted by molar-refractivity contribution is -0.403. The summed E-state index contributed by atoms with van der Waals surface area (Å²) in [5, 5.41) is 10.6. The first-order chi connectivity index (χ1) is 10.9. The number of benzene rings is 1. The van der Waals surface area contributed by atoms with Crippen molar-refractivity contribution in [2.24, 2.45) is 0 Å². The van der Waals surface area contributed by atoms with E-state index in [0.29, 0.717) is 6.61 Å². The summed E-state index contributed by atoms with van der Waals surface area (Å²) in [7, 11) is 0. The van der Waals surface area contributed by atoms with Gasteiger partial charge in [0, 0.05) is 6.08 Å². The summed E-state index contributed by atoms with van der Waals surface area (Å²) in [5.74, 6) is -0.762. The highest BCUT2D eigenvalue weighted by Gasteiger charge is 2.55. The highest BCUT2D eigenvalue weighted by Crippen LogP contribution is 2.39. The van der Waals surface area contributed by atoms with Crippen LogP contribution in [-0.2, 0) is 25.6 Å². The molecule has 0 aliphatic carbocycles. The molecule has 0 unspecified atom stereocenters. The van der Waals surface area contributed by atoms with Gasteiger partial charge in [0.1, 0.15) is 18.3 Å². The van der Waals surface area contributed by atoms with Crippen molar-refractivity contribution in [1.29, 1.82) is 0 Å². The Bertz CT molecular complexity index is 587. The van der Waals surface area contributed by atoms with E-state index >= 15 is 0 Å². The van der Waals surface area contributed by atoms with Crippen molar-refractivity contribution in [3.63, 3.8) is 0 Å². The van der Waals surface area contributed by atoms with Gasteiger partial charge in [0.05, 0.1) is 11.5 Å². The molecule has 1 aromatic rings. The number of hydrogen-bond acceptors (Lipinski definition) is 6. The molecule has 7 heteroatoms. The predicted molar refractivity (Wildman–Crippen MR) is 79.9 cm³/mol. The Morgan fingerprint density at radius 3 is 2.74 bits per heavy atom. The van der Waals surface area contributed by atoms with Crippen LogP contribution < -0.4 is 0 Å².